The van der Waals surface area contributed by atoms with Crippen LogP contribution in [0.4, 0.5) is 0 Å². The summed E-state index contributed by atoms with van der Waals surface area (Å²) in [6, 6.07) is 0. The molecule has 0 spiro atoms. The fourth-order valence-electron chi connectivity index (χ4n) is 1.36. The number of hydrogen-bond donors (Lipinski definition) is 2. The average molecular weight is 203 g/mol. The van der Waals surface area contributed by atoms with Gasteiger partial charge in [-0.2, -0.15) is 8.42 Å². The summed E-state index contributed by atoms with van der Waals surface area (Å²) in [4.78, 5) is -1.86. The number of aliphatic hydroxyl groups is 1. The van der Waals surface area contributed by atoms with Crippen LogP contribution < -0.4 is 29.6 Å². The van der Waals surface area contributed by atoms with E-state index in [-0.39, 0.29) is 42.4 Å². The minimum atomic E-state index is -4.27. The molecule has 0 aromatic rings. The summed E-state index contributed by atoms with van der Waals surface area (Å²) in [5.41, 5.74) is 0. The third-order valence-electron chi connectivity index (χ3n) is 2.11. The van der Waals surface area contributed by atoms with Crippen molar-refractivity contribution in [2.45, 2.75) is 37.0 Å². The molecule has 2 N–H and O–H groups in total. The molecular formula is C6H12NaO4S+. The third kappa shape index (κ3) is 2.68. The number of hydrogen-bond acceptors (Lipinski definition) is 3. The normalized spacial score (nSPS) is 22.8. The third-order valence-corrected chi connectivity index (χ3v) is 3.48. The predicted molar refractivity (Wildman–Crippen MR) is 39.6 cm³/mol. The fourth-order valence-corrected chi connectivity index (χ4v) is 2.17. The molecule has 1 aliphatic rings. The summed E-state index contributed by atoms with van der Waals surface area (Å²) >= 11 is 0. The van der Waals surface area contributed by atoms with E-state index in [1.54, 1.807) is 0 Å². The van der Waals surface area contributed by atoms with Gasteiger partial charge in [0.25, 0.3) is 10.1 Å². The van der Waals surface area contributed by atoms with Crippen molar-refractivity contribution < 1.29 is 47.6 Å². The molecule has 4 nitrogen and oxygen atoms in total. The zero-order chi connectivity index (χ0) is 8.54. The van der Waals surface area contributed by atoms with Gasteiger partial charge in [-0.25, -0.2) is 0 Å². The van der Waals surface area contributed by atoms with Gasteiger partial charge in [0.05, 0.1) is 0 Å². The minimum Gasteiger partial charge on any atom is -0.372 e. The average Bonchev–Trinajstić information content (AvgIpc) is 1.87. The van der Waals surface area contributed by atoms with Crippen LogP contribution in [0.1, 0.15) is 32.1 Å². The molecule has 0 aromatic heterocycles. The molecule has 1 aliphatic carbocycles. The van der Waals surface area contributed by atoms with E-state index < -0.39 is 15.1 Å². The second-order valence-electron chi connectivity index (χ2n) is 2.98. The van der Waals surface area contributed by atoms with Gasteiger partial charge < -0.3 is 5.11 Å². The molecule has 0 amide bonds. The van der Waals surface area contributed by atoms with Gasteiger partial charge in [0, 0.05) is 0 Å². The van der Waals surface area contributed by atoms with Crippen molar-refractivity contribution in [1.29, 1.82) is 0 Å². The maximum atomic E-state index is 10.6. The van der Waals surface area contributed by atoms with Crippen molar-refractivity contribution in [3.05, 3.63) is 0 Å². The van der Waals surface area contributed by atoms with Crippen molar-refractivity contribution in [3.63, 3.8) is 0 Å². The van der Waals surface area contributed by atoms with Crippen molar-refractivity contribution in [2.75, 3.05) is 0 Å². The maximum absolute atomic E-state index is 10.6. The van der Waals surface area contributed by atoms with Crippen LogP contribution in [0.2, 0.25) is 0 Å². The molecule has 66 valence electrons. The molecular weight excluding hydrogens is 191 g/mol. The minimum absolute atomic E-state index is 0. The van der Waals surface area contributed by atoms with E-state index in [0.717, 1.165) is 6.42 Å². The van der Waals surface area contributed by atoms with Crippen LogP contribution in [-0.2, 0) is 10.1 Å². The Labute approximate surface area is 94.4 Å². The van der Waals surface area contributed by atoms with Crippen molar-refractivity contribution in [2.24, 2.45) is 0 Å². The molecule has 0 atom stereocenters. The van der Waals surface area contributed by atoms with Gasteiger partial charge in [-0.15, -0.1) is 0 Å². The molecule has 0 aromatic carbocycles. The van der Waals surface area contributed by atoms with Gasteiger partial charge in [-0.05, 0) is 25.7 Å². The molecule has 1 saturated carbocycles. The second kappa shape index (κ2) is 4.39. The van der Waals surface area contributed by atoms with Crippen LogP contribution in [0, 0.1) is 0 Å². The van der Waals surface area contributed by atoms with E-state index >= 15 is 0 Å². The molecule has 0 bridgehead atoms. The van der Waals surface area contributed by atoms with Crippen LogP contribution in [-0.4, -0.2) is 23.0 Å². The Morgan fingerprint density at radius 2 is 1.50 bits per heavy atom. The summed E-state index contributed by atoms with van der Waals surface area (Å²) in [6.45, 7) is 0. The first-order valence-corrected chi connectivity index (χ1v) is 5.09. The van der Waals surface area contributed by atoms with E-state index in [2.05, 4.69) is 0 Å². The first-order valence-electron chi connectivity index (χ1n) is 3.65. The van der Waals surface area contributed by atoms with Gasteiger partial charge in [-0.1, -0.05) is 6.42 Å². The van der Waals surface area contributed by atoms with E-state index in [1.165, 1.54) is 0 Å². The van der Waals surface area contributed by atoms with Crippen LogP contribution in [0.3, 0.4) is 0 Å². The van der Waals surface area contributed by atoms with Gasteiger partial charge in [0.1, 0.15) is 0 Å². The molecule has 1 fully saturated rings. The Hall–Kier alpha value is 0.870. The Morgan fingerprint density at radius 3 is 1.75 bits per heavy atom. The predicted octanol–water partition coefficient (Wildman–Crippen LogP) is -2.47. The summed E-state index contributed by atoms with van der Waals surface area (Å²) in [6.07, 6.45) is 2.57. The van der Waals surface area contributed by atoms with Crippen molar-refractivity contribution in [1.82, 2.24) is 0 Å². The maximum Gasteiger partial charge on any atom is 1.00 e. The summed E-state index contributed by atoms with van der Waals surface area (Å²) in [5, 5.41) is 9.37. The largest absolute Gasteiger partial charge is 1.00 e. The zero-order valence-electron chi connectivity index (χ0n) is 7.15. The summed E-state index contributed by atoms with van der Waals surface area (Å²) < 4.78 is 29.9. The van der Waals surface area contributed by atoms with Gasteiger partial charge in [0.2, 0.25) is 0 Å². The molecule has 0 unspecified atom stereocenters. The van der Waals surface area contributed by atoms with Gasteiger partial charge in [-0.3, -0.25) is 4.55 Å². The van der Waals surface area contributed by atoms with Gasteiger partial charge in [0.15, 0.2) is 4.93 Å². The number of rotatable bonds is 1. The smallest absolute Gasteiger partial charge is 0.372 e. The van der Waals surface area contributed by atoms with E-state index in [0.29, 0.717) is 12.8 Å². The molecule has 0 aliphatic heterocycles. The summed E-state index contributed by atoms with van der Waals surface area (Å²) in [5.74, 6) is 0. The Bertz CT molecular complexity index is 230. The monoisotopic (exact) mass is 203 g/mol. The second-order valence-corrected chi connectivity index (χ2v) is 4.69. The molecule has 12 heavy (non-hydrogen) atoms. The standard InChI is InChI=1S/C6H12O4S.Na/c7-6(11(8,9)10)4-2-1-3-5-6;/h7H,1-5H2,(H,8,9,10);/q;+1. The van der Waals surface area contributed by atoms with E-state index in [1.807, 2.05) is 0 Å². The fraction of sp³-hybridized carbons (Fsp3) is 1.00. The van der Waals surface area contributed by atoms with Crippen molar-refractivity contribution in [3.8, 4) is 0 Å². The first kappa shape index (κ1) is 12.9. The van der Waals surface area contributed by atoms with Crippen molar-refractivity contribution >= 4 is 10.1 Å². The molecule has 0 saturated heterocycles. The molecule has 1 rings (SSSR count). The Kier molecular flexibility index (Phi) is 4.71. The Balaban J connectivity index is 0.00000121. The topological polar surface area (TPSA) is 74.6 Å². The first-order chi connectivity index (χ1) is 4.96. The van der Waals surface area contributed by atoms with Crippen LogP contribution in [0.25, 0.3) is 0 Å². The quantitative estimate of drug-likeness (QED) is 0.366. The summed E-state index contributed by atoms with van der Waals surface area (Å²) in [7, 11) is -4.27. The van der Waals surface area contributed by atoms with Crippen LogP contribution in [0.5, 0.6) is 0 Å². The zero-order valence-corrected chi connectivity index (χ0v) is 9.97. The van der Waals surface area contributed by atoms with Crippen LogP contribution in [0.15, 0.2) is 0 Å². The Morgan fingerprint density at radius 1 is 1.08 bits per heavy atom. The van der Waals surface area contributed by atoms with E-state index in [9.17, 15) is 13.5 Å². The van der Waals surface area contributed by atoms with E-state index in [4.69, 9.17) is 4.55 Å². The van der Waals surface area contributed by atoms with Crippen LogP contribution >= 0.6 is 0 Å². The molecule has 0 heterocycles. The van der Waals surface area contributed by atoms with Gasteiger partial charge >= 0.3 is 29.6 Å². The molecule has 0 radical (unpaired) electrons. The molecule has 6 heteroatoms. The SMILES string of the molecule is O=S(=O)(O)C1(O)CCCCC1.[Na+].